The number of hydrogen-bond donors (Lipinski definition) is 3. The lowest BCUT2D eigenvalue weighted by molar-refractivity contribution is -0.121. The second kappa shape index (κ2) is 10.7. The van der Waals surface area contributed by atoms with Gasteiger partial charge >= 0.3 is 0 Å². The highest BCUT2D eigenvalue weighted by atomic mass is 32.2. The Balaban J connectivity index is 1.94. The summed E-state index contributed by atoms with van der Waals surface area (Å²) in [6.07, 6.45) is 0.343. The molecule has 0 aromatic heterocycles. The number of nitrogens with one attached hydrogen (secondary N) is 2. The van der Waals surface area contributed by atoms with Crippen LogP contribution in [0.2, 0.25) is 0 Å². The average Bonchev–Trinajstić information content (AvgIpc) is 2.76. The summed E-state index contributed by atoms with van der Waals surface area (Å²) in [5.74, 6) is -1.13. The second-order valence-electron chi connectivity index (χ2n) is 6.81. The maximum Gasteiger partial charge on any atom is 0.269 e. The van der Waals surface area contributed by atoms with E-state index in [1.54, 1.807) is 26.0 Å². The van der Waals surface area contributed by atoms with Crippen molar-refractivity contribution in [2.75, 3.05) is 13.1 Å². The van der Waals surface area contributed by atoms with Crippen molar-refractivity contribution in [2.24, 2.45) is 5.14 Å². The highest BCUT2D eigenvalue weighted by Gasteiger charge is 2.22. The van der Waals surface area contributed by atoms with Crippen molar-refractivity contribution < 1.29 is 26.4 Å². The Morgan fingerprint density at radius 2 is 1.53 bits per heavy atom. The van der Waals surface area contributed by atoms with E-state index in [0.717, 1.165) is 0 Å². The Bertz CT molecular complexity index is 1170. The molecule has 0 aliphatic heterocycles. The zero-order valence-electron chi connectivity index (χ0n) is 17.7. The van der Waals surface area contributed by atoms with Gasteiger partial charge in [-0.3, -0.25) is 20.4 Å². The average molecular weight is 483 g/mol. The SMILES string of the molecule is CCN(CC)S(=O)(=O)c1cccc(C(=O)NNC(=O)CCc2ccc(S(N)(=O)=O)cc2)c1. The van der Waals surface area contributed by atoms with Gasteiger partial charge in [-0.1, -0.05) is 32.0 Å². The fourth-order valence-electron chi connectivity index (χ4n) is 2.88. The third kappa shape index (κ3) is 6.60. The number of hydrogen-bond acceptors (Lipinski definition) is 6. The van der Waals surface area contributed by atoms with Crippen molar-refractivity contribution in [3.8, 4) is 0 Å². The van der Waals surface area contributed by atoms with Crippen LogP contribution < -0.4 is 16.0 Å². The summed E-state index contributed by atoms with van der Waals surface area (Å²) in [6, 6.07) is 11.4. The molecule has 0 bridgehead atoms. The molecule has 32 heavy (non-hydrogen) atoms. The van der Waals surface area contributed by atoms with Gasteiger partial charge in [0.1, 0.15) is 0 Å². The lowest BCUT2D eigenvalue weighted by atomic mass is 10.1. The van der Waals surface area contributed by atoms with E-state index in [-0.39, 0.29) is 21.8 Å². The van der Waals surface area contributed by atoms with Crippen molar-refractivity contribution >= 4 is 31.9 Å². The maximum atomic E-state index is 12.6. The van der Waals surface area contributed by atoms with Gasteiger partial charge in [-0.05, 0) is 42.3 Å². The molecular formula is C20H26N4O6S2. The molecule has 2 amide bonds. The molecular weight excluding hydrogens is 456 g/mol. The molecule has 0 atom stereocenters. The monoisotopic (exact) mass is 482 g/mol. The van der Waals surface area contributed by atoms with Crippen LogP contribution in [0.3, 0.4) is 0 Å². The first-order valence-corrected chi connectivity index (χ1v) is 12.8. The Hall–Kier alpha value is -2.80. The highest BCUT2D eigenvalue weighted by molar-refractivity contribution is 7.89. The summed E-state index contributed by atoms with van der Waals surface area (Å²) in [7, 11) is -7.50. The summed E-state index contributed by atoms with van der Waals surface area (Å²) in [5.41, 5.74) is 5.33. The van der Waals surface area contributed by atoms with Gasteiger partial charge in [0.2, 0.25) is 26.0 Å². The number of primary sulfonamides is 1. The number of hydrazine groups is 1. The van der Waals surface area contributed by atoms with E-state index < -0.39 is 31.9 Å². The van der Waals surface area contributed by atoms with Crippen LogP contribution in [0.25, 0.3) is 0 Å². The van der Waals surface area contributed by atoms with Gasteiger partial charge in [0.15, 0.2) is 0 Å². The Morgan fingerprint density at radius 3 is 2.09 bits per heavy atom. The van der Waals surface area contributed by atoms with Crippen LogP contribution >= 0.6 is 0 Å². The van der Waals surface area contributed by atoms with Crippen molar-refractivity contribution in [3.05, 3.63) is 59.7 Å². The van der Waals surface area contributed by atoms with Crippen molar-refractivity contribution in [2.45, 2.75) is 36.5 Å². The van der Waals surface area contributed by atoms with Gasteiger partial charge in [-0.25, -0.2) is 22.0 Å². The van der Waals surface area contributed by atoms with Gasteiger partial charge in [-0.2, -0.15) is 4.31 Å². The lowest BCUT2D eigenvalue weighted by Crippen LogP contribution is -2.41. The molecule has 0 aliphatic carbocycles. The minimum Gasteiger partial charge on any atom is -0.273 e. The minimum absolute atomic E-state index is 0.0110. The fraction of sp³-hybridized carbons (Fsp3) is 0.300. The van der Waals surface area contributed by atoms with Crippen molar-refractivity contribution in [3.63, 3.8) is 0 Å². The molecule has 174 valence electrons. The van der Waals surface area contributed by atoms with Gasteiger partial charge in [-0.15, -0.1) is 0 Å². The Morgan fingerprint density at radius 1 is 0.906 bits per heavy atom. The van der Waals surface area contributed by atoms with Crippen LogP contribution in [0, 0.1) is 0 Å². The molecule has 0 aliphatic rings. The number of sulfonamides is 2. The van der Waals surface area contributed by atoms with E-state index in [1.165, 1.54) is 40.7 Å². The van der Waals surface area contributed by atoms with Crippen molar-refractivity contribution in [1.82, 2.24) is 15.2 Å². The van der Waals surface area contributed by atoms with Crippen molar-refractivity contribution in [1.29, 1.82) is 0 Å². The second-order valence-corrected chi connectivity index (χ2v) is 10.3. The van der Waals surface area contributed by atoms with E-state index in [0.29, 0.717) is 25.1 Å². The zero-order valence-corrected chi connectivity index (χ0v) is 19.4. The number of rotatable bonds is 9. The molecule has 2 aromatic rings. The molecule has 0 unspecified atom stereocenters. The number of nitrogens with zero attached hydrogens (tertiary/aromatic N) is 1. The molecule has 0 saturated carbocycles. The van der Waals surface area contributed by atoms with E-state index >= 15 is 0 Å². The van der Waals surface area contributed by atoms with E-state index in [1.807, 2.05) is 0 Å². The molecule has 0 fully saturated rings. The minimum atomic E-state index is -3.78. The number of benzene rings is 2. The number of aryl methyl sites for hydroxylation is 1. The highest BCUT2D eigenvalue weighted by Crippen LogP contribution is 2.17. The smallest absolute Gasteiger partial charge is 0.269 e. The first kappa shape index (κ1) is 25.5. The summed E-state index contributed by atoms with van der Waals surface area (Å²) in [4.78, 5) is 24.3. The Kier molecular flexibility index (Phi) is 8.50. The van der Waals surface area contributed by atoms with Gasteiger partial charge < -0.3 is 0 Å². The lowest BCUT2D eigenvalue weighted by Gasteiger charge is -2.18. The largest absolute Gasteiger partial charge is 0.273 e. The van der Waals surface area contributed by atoms with Crippen LogP contribution in [0.15, 0.2) is 58.3 Å². The number of carbonyl (C=O) groups is 2. The molecule has 10 nitrogen and oxygen atoms in total. The molecule has 12 heteroatoms. The molecule has 0 heterocycles. The summed E-state index contributed by atoms with van der Waals surface area (Å²) < 4.78 is 49.0. The van der Waals surface area contributed by atoms with Gasteiger partial charge in [0.25, 0.3) is 5.91 Å². The van der Waals surface area contributed by atoms with Crippen LogP contribution in [-0.2, 0) is 31.3 Å². The normalized spacial score (nSPS) is 11.9. The number of carbonyl (C=O) groups excluding carboxylic acids is 2. The number of nitrogens with two attached hydrogens (primary N) is 1. The summed E-state index contributed by atoms with van der Waals surface area (Å²) in [5, 5.41) is 5.04. The topological polar surface area (TPSA) is 156 Å². The van der Waals surface area contributed by atoms with Crippen LogP contribution in [0.1, 0.15) is 36.2 Å². The Labute approximate surface area is 187 Å². The molecule has 2 rings (SSSR count). The molecule has 0 saturated heterocycles. The fourth-order valence-corrected chi connectivity index (χ4v) is 4.90. The van der Waals surface area contributed by atoms with Gasteiger partial charge in [0.05, 0.1) is 9.79 Å². The number of amides is 2. The van der Waals surface area contributed by atoms with E-state index in [9.17, 15) is 26.4 Å². The predicted octanol–water partition coefficient (Wildman–Crippen LogP) is 0.758. The molecule has 2 aromatic carbocycles. The predicted molar refractivity (Wildman–Crippen MR) is 118 cm³/mol. The quantitative estimate of drug-likeness (QED) is 0.448. The zero-order chi connectivity index (χ0) is 23.9. The third-order valence-corrected chi connectivity index (χ3v) is 7.62. The molecule has 4 N–H and O–H groups in total. The first-order valence-electron chi connectivity index (χ1n) is 9.80. The van der Waals surface area contributed by atoms with Crippen LogP contribution in [0.4, 0.5) is 0 Å². The van der Waals surface area contributed by atoms with E-state index in [4.69, 9.17) is 5.14 Å². The van der Waals surface area contributed by atoms with E-state index in [2.05, 4.69) is 10.9 Å². The molecule has 0 spiro atoms. The third-order valence-electron chi connectivity index (χ3n) is 4.65. The van der Waals surface area contributed by atoms with Gasteiger partial charge in [0, 0.05) is 25.1 Å². The van der Waals surface area contributed by atoms with Crippen LogP contribution in [-0.4, -0.2) is 46.0 Å². The first-order chi connectivity index (χ1) is 15.0. The summed E-state index contributed by atoms with van der Waals surface area (Å²) in [6.45, 7) is 4.05. The molecule has 0 radical (unpaired) electrons. The van der Waals surface area contributed by atoms with Crippen LogP contribution in [0.5, 0.6) is 0 Å². The maximum absolute atomic E-state index is 12.6. The summed E-state index contributed by atoms with van der Waals surface area (Å²) >= 11 is 0. The standard InChI is InChI=1S/C20H26N4O6S2/c1-3-24(4-2)32(29,30)18-7-5-6-16(14-18)20(26)23-22-19(25)13-10-15-8-11-17(12-9-15)31(21,27)28/h5-9,11-12,14H,3-4,10,13H2,1-2H3,(H,22,25)(H,23,26)(H2,21,27,28).